The zero-order valence-electron chi connectivity index (χ0n) is 11.0. The lowest BCUT2D eigenvalue weighted by Crippen LogP contribution is -2.13. The number of carbonyl (C=O) groups is 1. The zero-order valence-corrected chi connectivity index (χ0v) is 11.0. The lowest BCUT2D eigenvalue weighted by molar-refractivity contribution is -0.116. The van der Waals surface area contributed by atoms with Crippen LogP contribution in [0.15, 0.2) is 12.1 Å². The number of nitrogens with one attached hydrogen (secondary N) is 1. The molecule has 1 aromatic rings. The maximum atomic E-state index is 11.8. The van der Waals surface area contributed by atoms with Crippen LogP contribution in [-0.2, 0) is 4.79 Å². The van der Waals surface area contributed by atoms with Crippen LogP contribution >= 0.6 is 0 Å². The molecule has 0 heterocycles. The summed E-state index contributed by atoms with van der Waals surface area (Å²) >= 11 is 0. The molecule has 0 aliphatic rings. The Labute approximate surface area is 103 Å². The molecule has 94 valence electrons. The van der Waals surface area contributed by atoms with Crippen LogP contribution in [0.2, 0.25) is 0 Å². The fraction of sp³-hybridized carbons (Fsp3) is 0.500. The van der Waals surface area contributed by atoms with Crippen LogP contribution in [0.5, 0.6) is 0 Å². The number of amides is 1. The van der Waals surface area contributed by atoms with Crippen LogP contribution in [0.25, 0.3) is 0 Å². The summed E-state index contributed by atoms with van der Waals surface area (Å²) in [6.45, 7) is 6.04. The van der Waals surface area contributed by atoms with E-state index in [0.29, 0.717) is 6.42 Å². The van der Waals surface area contributed by atoms with E-state index in [0.717, 1.165) is 41.8 Å². The number of rotatable bonds is 5. The molecule has 1 amide bonds. The highest BCUT2D eigenvalue weighted by atomic mass is 16.1. The first-order chi connectivity index (χ1) is 8.06. The van der Waals surface area contributed by atoms with Crippen LogP contribution in [0, 0.1) is 13.8 Å². The first-order valence-electron chi connectivity index (χ1n) is 6.21. The summed E-state index contributed by atoms with van der Waals surface area (Å²) in [6, 6.07) is 3.81. The van der Waals surface area contributed by atoms with Crippen molar-refractivity contribution in [2.45, 2.75) is 46.5 Å². The number of nitrogen functional groups attached to an aromatic ring is 1. The lowest BCUT2D eigenvalue weighted by atomic mass is 10.1. The molecule has 3 heteroatoms. The Morgan fingerprint density at radius 3 is 2.65 bits per heavy atom. The standard InChI is InChI=1S/C14H22N2O/c1-4-5-6-7-13(17)16-14-10(2)8-9-12(15)11(14)3/h8-9H,4-7,15H2,1-3H3,(H,16,17). The maximum absolute atomic E-state index is 11.8. The second-order valence-electron chi connectivity index (χ2n) is 4.48. The molecule has 3 N–H and O–H groups in total. The molecule has 17 heavy (non-hydrogen) atoms. The van der Waals surface area contributed by atoms with Crippen LogP contribution in [0.3, 0.4) is 0 Å². The molecule has 0 radical (unpaired) electrons. The third kappa shape index (κ3) is 3.77. The fourth-order valence-electron chi connectivity index (χ4n) is 1.79. The van der Waals surface area contributed by atoms with Gasteiger partial charge in [-0.3, -0.25) is 4.79 Å². The smallest absolute Gasteiger partial charge is 0.224 e. The van der Waals surface area contributed by atoms with Crippen molar-refractivity contribution in [2.75, 3.05) is 11.1 Å². The van der Waals surface area contributed by atoms with Gasteiger partial charge in [0.2, 0.25) is 5.91 Å². The SMILES string of the molecule is CCCCCC(=O)Nc1c(C)ccc(N)c1C. The Morgan fingerprint density at radius 2 is 2.00 bits per heavy atom. The van der Waals surface area contributed by atoms with E-state index >= 15 is 0 Å². The number of nitrogens with two attached hydrogens (primary N) is 1. The average Bonchev–Trinajstić information content (AvgIpc) is 2.30. The van der Waals surface area contributed by atoms with Crippen molar-refractivity contribution in [3.8, 4) is 0 Å². The van der Waals surface area contributed by atoms with Gasteiger partial charge >= 0.3 is 0 Å². The first-order valence-corrected chi connectivity index (χ1v) is 6.21. The van der Waals surface area contributed by atoms with E-state index in [1.807, 2.05) is 26.0 Å². The van der Waals surface area contributed by atoms with Crippen molar-refractivity contribution in [2.24, 2.45) is 0 Å². The largest absolute Gasteiger partial charge is 0.398 e. The Hall–Kier alpha value is -1.51. The van der Waals surface area contributed by atoms with Gasteiger partial charge in [-0.1, -0.05) is 25.8 Å². The van der Waals surface area contributed by atoms with Crippen molar-refractivity contribution in [1.82, 2.24) is 0 Å². The van der Waals surface area contributed by atoms with Crippen LogP contribution in [0.4, 0.5) is 11.4 Å². The summed E-state index contributed by atoms with van der Waals surface area (Å²) in [5, 5.41) is 2.96. The molecule has 0 saturated heterocycles. The van der Waals surface area contributed by atoms with Gasteiger partial charge < -0.3 is 11.1 Å². The van der Waals surface area contributed by atoms with Gasteiger partial charge in [-0.2, -0.15) is 0 Å². The first kappa shape index (κ1) is 13.6. The molecule has 0 aliphatic carbocycles. The minimum Gasteiger partial charge on any atom is -0.398 e. The monoisotopic (exact) mass is 234 g/mol. The van der Waals surface area contributed by atoms with E-state index in [-0.39, 0.29) is 5.91 Å². The lowest BCUT2D eigenvalue weighted by Gasteiger charge is -2.13. The van der Waals surface area contributed by atoms with Gasteiger partial charge in [0.05, 0.1) is 0 Å². The van der Waals surface area contributed by atoms with Crippen LogP contribution < -0.4 is 11.1 Å². The minimum absolute atomic E-state index is 0.0789. The second-order valence-corrected chi connectivity index (χ2v) is 4.48. The zero-order chi connectivity index (χ0) is 12.8. The number of hydrogen-bond acceptors (Lipinski definition) is 2. The van der Waals surface area contributed by atoms with E-state index < -0.39 is 0 Å². The second kappa shape index (κ2) is 6.28. The van der Waals surface area contributed by atoms with E-state index in [4.69, 9.17) is 5.73 Å². The number of carbonyl (C=O) groups excluding carboxylic acids is 1. The quantitative estimate of drug-likeness (QED) is 0.606. The van der Waals surface area contributed by atoms with Gasteiger partial charge in [0.25, 0.3) is 0 Å². The molecule has 1 aromatic carbocycles. The number of benzene rings is 1. The summed E-state index contributed by atoms with van der Waals surface area (Å²) in [6.07, 6.45) is 3.76. The Morgan fingerprint density at radius 1 is 1.29 bits per heavy atom. The molecule has 0 unspecified atom stereocenters. The molecular weight excluding hydrogens is 212 g/mol. The van der Waals surface area contributed by atoms with Crippen molar-refractivity contribution in [1.29, 1.82) is 0 Å². The predicted octanol–water partition coefficient (Wildman–Crippen LogP) is 3.40. The van der Waals surface area contributed by atoms with Crippen molar-refractivity contribution >= 4 is 17.3 Å². The van der Waals surface area contributed by atoms with Crippen molar-refractivity contribution in [3.63, 3.8) is 0 Å². The number of aryl methyl sites for hydroxylation is 1. The van der Waals surface area contributed by atoms with Crippen LogP contribution in [0.1, 0.15) is 43.7 Å². The highest BCUT2D eigenvalue weighted by Crippen LogP contribution is 2.25. The third-order valence-corrected chi connectivity index (χ3v) is 2.99. The summed E-state index contributed by atoms with van der Waals surface area (Å²) < 4.78 is 0. The molecule has 0 bridgehead atoms. The van der Waals surface area contributed by atoms with Gasteiger partial charge in [-0.25, -0.2) is 0 Å². The van der Waals surface area contributed by atoms with Gasteiger partial charge in [0.15, 0.2) is 0 Å². The van der Waals surface area contributed by atoms with Gasteiger partial charge in [0.1, 0.15) is 0 Å². The van der Waals surface area contributed by atoms with Crippen molar-refractivity contribution < 1.29 is 4.79 Å². The molecule has 0 spiro atoms. The summed E-state index contributed by atoms with van der Waals surface area (Å²) in [5.41, 5.74) is 9.43. The maximum Gasteiger partial charge on any atom is 0.224 e. The number of anilines is 2. The van der Waals surface area contributed by atoms with E-state index in [2.05, 4.69) is 12.2 Å². The van der Waals surface area contributed by atoms with Gasteiger partial charge in [-0.05, 0) is 37.5 Å². The van der Waals surface area contributed by atoms with E-state index in [1.165, 1.54) is 0 Å². The molecule has 0 aromatic heterocycles. The van der Waals surface area contributed by atoms with E-state index in [1.54, 1.807) is 0 Å². The Bertz CT molecular complexity index is 399. The van der Waals surface area contributed by atoms with Gasteiger partial charge in [0, 0.05) is 17.8 Å². The van der Waals surface area contributed by atoms with E-state index in [9.17, 15) is 4.79 Å². The van der Waals surface area contributed by atoms with Crippen LogP contribution in [-0.4, -0.2) is 5.91 Å². The van der Waals surface area contributed by atoms with Crippen molar-refractivity contribution in [3.05, 3.63) is 23.3 Å². The normalized spacial score (nSPS) is 10.3. The third-order valence-electron chi connectivity index (χ3n) is 2.99. The average molecular weight is 234 g/mol. The van der Waals surface area contributed by atoms with Gasteiger partial charge in [-0.15, -0.1) is 0 Å². The summed E-state index contributed by atoms with van der Waals surface area (Å²) in [5.74, 6) is 0.0789. The molecule has 1 rings (SSSR count). The predicted molar refractivity (Wildman–Crippen MR) is 73.1 cm³/mol. The molecule has 3 nitrogen and oxygen atoms in total. The topological polar surface area (TPSA) is 55.1 Å². The molecule has 0 saturated carbocycles. The molecular formula is C14H22N2O. The Kier molecular flexibility index (Phi) is 5.01. The number of unbranched alkanes of at least 4 members (excludes halogenated alkanes) is 2. The minimum atomic E-state index is 0.0789. The fourth-order valence-corrected chi connectivity index (χ4v) is 1.79. The highest BCUT2D eigenvalue weighted by Gasteiger charge is 2.08. The molecule has 0 aliphatic heterocycles. The summed E-state index contributed by atoms with van der Waals surface area (Å²) in [7, 11) is 0. The molecule has 0 fully saturated rings. The Balaban J connectivity index is 2.68. The molecule has 0 atom stereocenters. The number of hydrogen-bond donors (Lipinski definition) is 2. The highest BCUT2D eigenvalue weighted by molar-refractivity contribution is 5.93. The summed E-state index contributed by atoms with van der Waals surface area (Å²) in [4.78, 5) is 11.8.